The van der Waals surface area contributed by atoms with Crippen LogP contribution < -0.4 is 10.2 Å². The first-order valence-corrected chi connectivity index (χ1v) is 10.7. The van der Waals surface area contributed by atoms with Crippen molar-refractivity contribution in [2.45, 2.75) is 24.3 Å². The fraction of sp³-hybridized carbons (Fsp3) is 0.350. The van der Waals surface area contributed by atoms with E-state index in [1.165, 1.54) is 22.5 Å². The Morgan fingerprint density at radius 3 is 2.39 bits per heavy atom. The minimum absolute atomic E-state index is 0.169. The van der Waals surface area contributed by atoms with Crippen LogP contribution in [0.5, 0.6) is 0 Å². The summed E-state index contributed by atoms with van der Waals surface area (Å²) < 4.78 is 40.2. The molecule has 1 fully saturated rings. The lowest BCUT2D eigenvalue weighted by Gasteiger charge is -2.16. The van der Waals surface area contributed by atoms with Gasteiger partial charge in [0, 0.05) is 24.3 Å². The SMILES string of the molecule is C[NH+](CC(=O)Nc1ccc(S(=O)(=O)N2CCCC2)cc1)Cc1ccccc1F. The number of hydrogen-bond acceptors (Lipinski definition) is 3. The normalized spacial score (nSPS) is 16.1. The van der Waals surface area contributed by atoms with Crippen LogP contribution in [0.25, 0.3) is 0 Å². The van der Waals surface area contributed by atoms with Gasteiger partial charge < -0.3 is 10.2 Å². The summed E-state index contributed by atoms with van der Waals surface area (Å²) in [4.78, 5) is 13.3. The molecule has 0 bridgehead atoms. The predicted molar refractivity (Wildman–Crippen MR) is 105 cm³/mol. The number of halogens is 1. The van der Waals surface area contributed by atoms with Crippen LogP contribution in [0.2, 0.25) is 0 Å². The maximum Gasteiger partial charge on any atom is 0.279 e. The molecule has 2 aromatic carbocycles. The Morgan fingerprint density at radius 2 is 1.75 bits per heavy atom. The first-order chi connectivity index (χ1) is 13.4. The molecule has 1 amide bonds. The summed E-state index contributed by atoms with van der Waals surface area (Å²) in [7, 11) is -1.64. The molecule has 0 radical (unpaired) electrons. The number of amides is 1. The highest BCUT2D eigenvalue weighted by molar-refractivity contribution is 7.89. The largest absolute Gasteiger partial charge is 0.326 e. The standard InChI is InChI=1S/C20H24FN3O3S/c1-23(14-16-6-2-3-7-19(16)21)15-20(25)22-17-8-10-18(11-9-17)28(26,27)24-12-4-5-13-24/h2-3,6-11H,4-5,12-15H2,1H3,(H,22,25)/p+1. The van der Waals surface area contributed by atoms with Gasteiger partial charge in [0.2, 0.25) is 10.0 Å². The van der Waals surface area contributed by atoms with Crippen molar-refractivity contribution in [1.82, 2.24) is 4.31 Å². The Labute approximate surface area is 165 Å². The molecule has 1 atom stereocenters. The van der Waals surface area contributed by atoms with Gasteiger partial charge in [-0.1, -0.05) is 18.2 Å². The molecule has 0 spiro atoms. The van der Waals surface area contributed by atoms with Crippen LogP contribution in [-0.4, -0.2) is 45.3 Å². The van der Waals surface area contributed by atoms with Crippen molar-refractivity contribution in [2.24, 2.45) is 0 Å². The lowest BCUT2D eigenvalue weighted by Crippen LogP contribution is -3.08. The van der Waals surface area contributed by atoms with Gasteiger partial charge in [0.15, 0.2) is 6.54 Å². The van der Waals surface area contributed by atoms with E-state index in [1.807, 2.05) is 7.05 Å². The minimum atomic E-state index is -3.46. The van der Waals surface area contributed by atoms with E-state index in [-0.39, 0.29) is 23.2 Å². The van der Waals surface area contributed by atoms with Crippen LogP contribution in [-0.2, 0) is 21.4 Å². The average Bonchev–Trinajstić information content (AvgIpc) is 3.19. The lowest BCUT2D eigenvalue weighted by molar-refractivity contribution is -0.885. The summed E-state index contributed by atoms with van der Waals surface area (Å²) in [6, 6.07) is 12.7. The molecule has 0 aromatic heterocycles. The van der Waals surface area contributed by atoms with Crippen molar-refractivity contribution in [2.75, 3.05) is 32.0 Å². The van der Waals surface area contributed by atoms with Gasteiger partial charge in [-0.15, -0.1) is 0 Å². The summed E-state index contributed by atoms with van der Waals surface area (Å²) in [6.45, 7) is 1.67. The van der Waals surface area contributed by atoms with E-state index < -0.39 is 10.0 Å². The number of nitrogens with one attached hydrogen (secondary N) is 2. The molecule has 3 rings (SSSR count). The maximum atomic E-state index is 13.7. The highest BCUT2D eigenvalue weighted by atomic mass is 32.2. The third-order valence-electron chi connectivity index (χ3n) is 4.75. The van der Waals surface area contributed by atoms with Crippen LogP contribution in [0.3, 0.4) is 0 Å². The quantitative estimate of drug-likeness (QED) is 0.727. The van der Waals surface area contributed by atoms with E-state index in [4.69, 9.17) is 0 Å². The van der Waals surface area contributed by atoms with E-state index in [2.05, 4.69) is 5.32 Å². The third-order valence-corrected chi connectivity index (χ3v) is 6.67. The number of quaternary nitrogens is 1. The van der Waals surface area contributed by atoms with Crippen molar-refractivity contribution >= 4 is 21.6 Å². The minimum Gasteiger partial charge on any atom is -0.326 e. The van der Waals surface area contributed by atoms with Gasteiger partial charge in [0.05, 0.1) is 11.9 Å². The van der Waals surface area contributed by atoms with Crippen molar-refractivity contribution in [3.8, 4) is 0 Å². The number of hydrogen-bond donors (Lipinski definition) is 2. The fourth-order valence-corrected chi connectivity index (χ4v) is 4.81. The average molecular weight is 407 g/mol. The summed E-state index contributed by atoms with van der Waals surface area (Å²) in [6.07, 6.45) is 1.77. The van der Waals surface area contributed by atoms with Gasteiger partial charge in [0.25, 0.3) is 5.91 Å². The van der Waals surface area contributed by atoms with Crippen molar-refractivity contribution < 1.29 is 22.5 Å². The summed E-state index contributed by atoms with van der Waals surface area (Å²) in [5.74, 6) is -0.499. The number of rotatable bonds is 7. The van der Waals surface area contributed by atoms with Crippen LogP contribution in [0.1, 0.15) is 18.4 Å². The lowest BCUT2D eigenvalue weighted by atomic mass is 10.2. The van der Waals surface area contributed by atoms with E-state index in [0.29, 0.717) is 30.9 Å². The number of likely N-dealkylation sites (N-methyl/N-ethyl adjacent to an activating group) is 1. The van der Waals surface area contributed by atoms with Crippen molar-refractivity contribution in [3.63, 3.8) is 0 Å². The number of carbonyl (C=O) groups excluding carboxylic acids is 1. The Kier molecular flexibility index (Phi) is 6.43. The number of anilines is 1. The van der Waals surface area contributed by atoms with Crippen molar-refractivity contribution in [3.05, 3.63) is 59.9 Å². The monoisotopic (exact) mass is 406 g/mol. The number of carbonyl (C=O) groups is 1. The van der Waals surface area contributed by atoms with E-state index in [1.54, 1.807) is 30.3 Å². The summed E-state index contributed by atoms with van der Waals surface area (Å²) in [5, 5.41) is 2.76. The van der Waals surface area contributed by atoms with Gasteiger partial charge in [-0.2, -0.15) is 4.31 Å². The second kappa shape index (κ2) is 8.81. The van der Waals surface area contributed by atoms with E-state index in [9.17, 15) is 17.6 Å². The van der Waals surface area contributed by atoms with Crippen molar-refractivity contribution in [1.29, 1.82) is 0 Å². The molecule has 0 aliphatic carbocycles. The molecular weight excluding hydrogens is 381 g/mol. The van der Waals surface area contributed by atoms with Crippen LogP contribution >= 0.6 is 0 Å². The highest BCUT2D eigenvalue weighted by Crippen LogP contribution is 2.22. The van der Waals surface area contributed by atoms with Gasteiger partial charge in [-0.25, -0.2) is 12.8 Å². The number of nitrogens with zero attached hydrogens (tertiary/aromatic N) is 1. The summed E-state index contributed by atoms with van der Waals surface area (Å²) >= 11 is 0. The first-order valence-electron chi connectivity index (χ1n) is 9.31. The molecule has 1 aliphatic rings. The molecular formula is C20H25FN3O3S+. The zero-order valence-corrected chi connectivity index (χ0v) is 16.6. The van der Waals surface area contributed by atoms with Crippen LogP contribution in [0.4, 0.5) is 10.1 Å². The molecule has 0 saturated carbocycles. The smallest absolute Gasteiger partial charge is 0.279 e. The first kappa shape index (κ1) is 20.4. The Bertz CT molecular complexity index is 926. The van der Waals surface area contributed by atoms with Gasteiger partial charge >= 0.3 is 0 Å². The zero-order valence-electron chi connectivity index (χ0n) is 15.8. The van der Waals surface area contributed by atoms with E-state index >= 15 is 0 Å². The maximum absolute atomic E-state index is 13.7. The molecule has 150 valence electrons. The summed E-state index contributed by atoms with van der Waals surface area (Å²) in [5.41, 5.74) is 1.09. The van der Waals surface area contributed by atoms with Gasteiger partial charge in [-0.05, 0) is 43.2 Å². The fourth-order valence-electron chi connectivity index (χ4n) is 3.30. The second-order valence-corrected chi connectivity index (χ2v) is 9.02. The zero-order chi connectivity index (χ0) is 20.1. The molecule has 6 nitrogen and oxygen atoms in total. The topological polar surface area (TPSA) is 70.9 Å². The Balaban J connectivity index is 1.56. The van der Waals surface area contributed by atoms with Gasteiger partial charge in [-0.3, -0.25) is 4.79 Å². The van der Waals surface area contributed by atoms with E-state index in [0.717, 1.165) is 17.7 Å². The molecule has 1 aliphatic heterocycles. The second-order valence-electron chi connectivity index (χ2n) is 7.09. The molecule has 8 heteroatoms. The molecule has 28 heavy (non-hydrogen) atoms. The number of sulfonamides is 1. The molecule has 2 N–H and O–H groups in total. The Morgan fingerprint density at radius 1 is 1.11 bits per heavy atom. The molecule has 1 heterocycles. The molecule has 1 unspecified atom stereocenters. The van der Waals surface area contributed by atoms with Crippen LogP contribution in [0, 0.1) is 5.82 Å². The highest BCUT2D eigenvalue weighted by Gasteiger charge is 2.27. The predicted octanol–water partition coefficient (Wildman–Crippen LogP) is 1.26. The molecule has 2 aromatic rings. The number of benzene rings is 2. The Hall–Kier alpha value is -2.29. The molecule has 1 saturated heterocycles. The van der Waals surface area contributed by atoms with Crippen LogP contribution in [0.15, 0.2) is 53.4 Å². The third kappa shape index (κ3) is 4.95. The van der Waals surface area contributed by atoms with Gasteiger partial charge in [0.1, 0.15) is 12.4 Å².